The number of hydrogen-bond donors (Lipinski definition) is 1. The maximum Gasteiger partial charge on any atom is 0.416 e. The molecule has 254 valence electrons. The molecule has 0 bridgehead atoms. The zero-order valence-electron chi connectivity index (χ0n) is 27.2. The Balaban J connectivity index is 1.36. The number of alkyl halides is 3. The Morgan fingerprint density at radius 3 is 2.27 bits per heavy atom. The Labute approximate surface area is 281 Å². The summed E-state index contributed by atoms with van der Waals surface area (Å²) >= 11 is 0. The molecule has 1 atom stereocenters. The summed E-state index contributed by atoms with van der Waals surface area (Å²) < 4.78 is 50.2. The number of halogens is 3. The van der Waals surface area contributed by atoms with E-state index in [-0.39, 0.29) is 29.8 Å². The van der Waals surface area contributed by atoms with E-state index in [1.54, 1.807) is 38.4 Å². The number of methoxy groups -OCH3 is 1. The molecule has 2 amide bonds. The Morgan fingerprint density at radius 1 is 0.878 bits per heavy atom. The SMILES string of the molecule is COC(=O)C1(COC(=O)Cc2ccc(NC(=O)c3ccccc3-c3ccc(C(F)(F)F)cc3)c(C(=O)N(C)C)c2)CCCc2ccccc21. The summed E-state index contributed by atoms with van der Waals surface area (Å²) in [7, 11) is 4.40. The van der Waals surface area contributed by atoms with E-state index < -0.39 is 40.9 Å². The van der Waals surface area contributed by atoms with E-state index >= 15 is 0 Å². The maximum atomic E-state index is 13.5. The van der Waals surface area contributed by atoms with Gasteiger partial charge >= 0.3 is 18.1 Å². The minimum absolute atomic E-state index is 0.114. The first-order chi connectivity index (χ1) is 23.3. The molecule has 49 heavy (non-hydrogen) atoms. The number of amides is 2. The average Bonchev–Trinajstić information content (AvgIpc) is 3.10. The summed E-state index contributed by atoms with van der Waals surface area (Å²) in [5.74, 6) is -2.12. The number of rotatable bonds is 9. The second-order valence-corrected chi connectivity index (χ2v) is 12.1. The van der Waals surface area contributed by atoms with Crippen LogP contribution in [0.1, 0.15) is 55.8 Å². The summed E-state index contributed by atoms with van der Waals surface area (Å²) in [5, 5.41) is 2.76. The molecule has 0 aromatic heterocycles. The van der Waals surface area contributed by atoms with Gasteiger partial charge in [0.2, 0.25) is 0 Å². The van der Waals surface area contributed by atoms with Crippen LogP contribution in [0, 0.1) is 0 Å². The normalized spacial score (nSPS) is 15.5. The Hall–Kier alpha value is -5.45. The first kappa shape index (κ1) is 34.9. The van der Waals surface area contributed by atoms with Crippen LogP contribution in [-0.4, -0.2) is 56.5 Å². The number of carbonyl (C=O) groups excluding carboxylic acids is 4. The highest BCUT2D eigenvalue weighted by Gasteiger charge is 2.45. The topological polar surface area (TPSA) is 102 Å². The second-order valence-electron chi connectivity index (χ2n) is 12.1. The van der Waals surface area contributed by atoms with Crippen molar-refractivity contribution in [2.75, 3.05) is 33.1 Å². The van der Waals surface area contributed by atoms with E-state index in [2.05, 4.69) is 5.32 Å². The molecule has 5 rings (SSSR count). The first-order valence-electron chi connectivity index (χ1n) is 15.6. The molecule has 1 N–H and O–H groups in total. The lowest BCUT2D eigenvalue weighted by Crippen LogP contribution is -2.44. The van der Waals surface area contributed by atoms with Gasteiger partial charge in [-0.15, -0.1) is 0 Å². The van der Waals surface area contributed by atoms with E-state index in [9.17, 15) is 32.3 Å². The summed E-state index contributed by atoms with van der Waals surface area (Å²) in [6, 6.07) is 23.0. The van der Waals surface area contributed by atoms with Crippen molar-refractivity contribution in [1.82, 2.24) is 4.90 Å². The first-order valence-corrected chi connectivity index (χ1v) is 15.6. The average molecular weight is 673 g/mol. The van der Waals surface area contributed by atoms with Crippen LogP contribution in [-0.2, 0) is 43.5 Å². The molecule has 8 nitrogen and oxygen atoms in total. The number of esters is 2. The van der Waals surface area contributed by atoms with Gasteiger partial charge in [-0.3, -0.25) is 19.2 Å². The molecule has 11 heteroatoms. The molecule has 1 aliphatic rings. The minimum atomic E-state index is -4.50. The molecule has 4 aromatic rings. The van der Waals surface area contributed by atoms with Crippen molar-refractivity contribution in [3.05, 3.63) is 124 Å². The summed E-state index contributed by atoms with van der Waals surface area (Å²) in [5.41, 5.74) is 1.56. The van der Waals surface area contributed by atoms with Crippen LogP contribution in [0.5, 0.6) is 0 Å². The number of nitrogens with zero attached hydrogens (tertiary/aromatic N) is 1. The van der Waals surface area contributed by atoms with Gasteiger partial charge in [0, 0.05) is 19.7 Å². The van der Waals surface area contributed by atoms with Crippen LogP contribution in [0.25, 0.3) is 11.1 Å². The largest absolute Gasteiger partial charge is 0.468 e. The van der Waals surface area contributed by atoms with Crippen molar-refractivity contribution in [3.63, 3.8) is 0 Å². The number of benzene rings is 4. The summed E-state index contributed by atoms with van der Waals surface area (Å²) in [6.07, 6.45) is -2.73. The smallest absolute Gasteiger partial charge is 0.416 e. The molecule has 0 saturated heterocycles. The number of hydrogen-bond acceptors (Lipinski definition) is 6. The molecule has 0 saturated carbocycles. The lowest BCUT2D eigenvalue weighted by Gasteiger charge is -2.36. The summed E-state index contributed by atoms with van der Waals surface area (Å²) in [4.78, 5) is 54.3. The van der Waals surface area contributed by atoms with Crippen LogP contribution in [0.3, 0.4) is 0 Å². The van der Waals surface area contributed by atoms with Crippen LogP contribution in [0.2, 0.25) is 0 Å². The van der Waals surface area contributed by atoms with Crippen molar-refractivity contribution < 1.29 is 41.8 Å². The molecule has 0 radical (unpaired) electrons. The molecular formula is C38H35F3N2O6. The van der Waals surface area contributed by atoms with Crippen molar-refractivity contribution in [2.24, 2.45) is 0 Å². The highest BCUT2D eigenvalue weighted by Crippen LogP contribution is 2.39. The third-order valence-corrected chi connectivity index (χ3v) is 8.65. The predicted molar refractivity (Wildman–Crippen MR) is 177 cm³/mol. The number of fused-ring (bicyclic) bond motifs is 1. The molecule has 0 spiro atoms. The van der Waals surface area contributed by atoms with Gasteiger partial charge in [-0.05, 0) is 77.4 Å². The van der Waals surface area contributed by atoms with E-state index in [0.29, 0.717) is 23.1 Å². The zero-order chi connectivity index (χ0) is 35.3. The number of carbonyl (C=O) groups is 4. The monoisotopic (exact) mass is 672 g/mol. The molecule has 1 aliphatic carbocycles. The molecular weight excluding hydrogens is 637 g/mol. The van der Waals surface area contributed by atoms with Gasteiger partial charge in [0.1, 0.15) is 12.0 Å². The van der Waals surface area contributed by atoms with Crippen molar-refractivity contribution in [1.29, 1.82) is 0 Å². The Morgan fingerprint density at radius 2 is 1.57 bits per heavy atom. The van der Waals surface area contributed by atoms with Crippen molar-refractivity contribution in [2.45, 2.75) is 37.3 Å². The van der Waals surface area contributed by atoms with Crippen molar-refractivity contribution in [3.8, 4) is 11.1 Å². The molecule has 4 aromatic carbocycles. The second kappa shape index (κ2) is 14.3. The lowest BCUT2D eigenvalue weighted by atomic mass is 9.70. The van der Waals surface area contributed by atoms with E-state index in [1.165, 1.54) is 42.3 Å². The van der Waals surface area contributed by atoms with Crippen LogP contribution < -0.4 is 5.32 Å². The van der Waals surface area contributed by atoms with Gasteiger partial charge in [-0.2, -0.15) is 13.2 Å². The van der Waals surface area contributed by atoms with Gasteiger partial charge in [0.25, 0.3) is 11.8 Å². The summed E-state index contributed by atoms with van der Waals surface area (Å²) in [6.45, 7) is -0.203. The Kier molecular flexibility index (Phi) is 10.2. The minimum Gasteiger partial charge on any atom is -0.468 e. The standard InChI is InChI=1S/C38H35F3N2O6/c1-43(2)35(46)30-21-24(22-33(44)49-23-37(36(47)48-3)20-8-10-26-9-4-7-13-31(26)37)14-19-32(30)42-34(45)29-12-6-5-11-28(29)25-15-17-27(18-16-25)38(39,40)41/h4-7,9,11-19,21H,8,10,20,22-23H2,1-3H3,(H,42,45). The highest BCUT2D eigenvalue weighted by molar-refractivity contribution is 6.12. The number of ether oxygens (including phenoxy) is 2. The number of anilines is 1. The molecule has 0 fully saturated rings. The number of nitrogens with one attached hydrogen (secondary N) is 1. The molecule has 0 aliphatic heterocycles. The van der Waals surface area contributed by atoms with Gasteiger partial charge in [-0.1, -0.05) is 60.7 Å². The fourth-order valence-corrected chi connectivity index (χ4v) is 6.15. The fraction of sp³-hybridized carbons (Fsp3) is 0.263. The maximum absolute atomic E-state index is 13.5. The van der Waals surface area contributed by atoms with Crippen LogP contribution in [0.15, 0.2) is 91.0 Å². The third-order valence-electron chi connectivity index (χ3n) is 8.65. The van der Waals surface area contributed by atoms with Gasteiger partial charge in [0.15, 0.2) is 0 Å². The van der Waals surface area contributed by atoms with E-state index in [0.717, 1.165) is 36.1 Å². The molecule has 1 unspecified atom stereocenters. The molecule has 0 heterocycles. The van der Waals surface area contributed by atoms with Crippen LogP contribution in [0.4, 0.5) is 18.9 Å². The highest BCUT2D eigenvalue weighted by atomic mass is 19.4. The van der Waals surface area contributed by atoms with E-state index in [4.69, 9.17) is 9.47 Å². The Bertz CT molecular complexity index is 1890. The number of aryl methyl sites for hydroxylation is 1. The quantitative estimate of drug-likeness (QED) is 0.195. The van der Waals surface area contributed by atoms with Gasteiger partial charge < -0.3 is 19.7 Å². The van der Waals surface area contributed by atoms with Crippen molar-refractivity contribution >= 4 is 29.4 Å². The van der Waals surface area contributed by atoms with Gasteiger partial charge in [0.05, 0.1) is 30.3 Å². The van der Waals surface area contributed by atoms with E-state index in [1.807, 2.05) is 24.3 Å². The zero-order valence-corrected chi connectivity index (χ0v) is 27.2. The van der Waals surface area contributed by atoms with Crippen LogP contribution >= 0.6 is 0 Å². The van der Waals surface area contributed by atoms with Gasteiger partial charge in [-0.25, -0.2) is 0 Å². The lowest BCUT2D eigenvalue weighted by molar-refractivity contribution is -0.156. The fourth-order valence-electron chi connectivity index (χ4n) is 6.15. The predicted octanol–water partition coefficient (Wildman–Crippen LogP) is 6.86. The third kappa shape index (κ3) is 7.51.